The number of hydrogen-bond donors (Lipinski definition) is 1. The van der Waals surface area contributed by atoms with Crippen LogP contribution in [0.25, 0.3) is 0 Å². The van der Waals surface area contributed by atoms with E-state index in [-0.39, 0.29) is 18.5 Å². The maximum absolute atomic E-state index is 13.8. The van der Waals surface area contributed by atoms with Crippen LogP contribution >= 0.6 is 23.2 Å². The molecule has 0 aliphatic carbocycles. The third kappa shape index (κ3) is 7.83. The minimum atomic E-state index is -4.04. The molecular weight excluding hydrogens is 535 g/mol. The summed E-state index contributed by atoms with van der Waals surface area (Å²) in [7, 11) is -1.22. The molecule has 2 amide bonds. The van der Waals surface area contributed by atoms with E-state index in [1.54, 1.807) is 44.2 Å². The van der Waals surface area contributed by atoms with Gasteiger partial charge < -0.3 is 10.2 Å². The normalized spacial score (nSPS) is 13.2. The molecule has 11 heteroatoms. The van der Waals surface area contributed by atoms with Gasteiger partial charge >= 0.3 is 10.2 Å². The lowest BCUT2D eigenvalue weighted by Crippen LogP contribution is -2.53. The van der Waals surface area contributed by atoms with E-state index in [1.165, 1.54) is 19.0 Å². The standard InChI is InChI=1S/C26H36Cl2N4O4S/c1-8-19(4)29-26(34)20(5)31(15-21-11-12-22(27)14-23(21)28)25(33)16-32(37(35,36)30(6)7)24-13-17(2)9-10-18(24)3/h9-14,19-20H,8,15-16H2,1-7H3,(H,29,34)/t19-,20+/m0/s1. The monoisotopic (exact) mass is 570 g/mol. The average molecular weight is 572 g/mol. The number of benzene rings is 2. The molecule has 8 nitrogen and oxygen atoms in total. The molecule has 0 bridgehead atoms. The van der Waals surface area contributed by atoms with Crippen LogP contribution in [0, 0.1) is 13.8 Å². The smallest absolute Gasteiger partial charge is 0.304 e. The van der Waals surface area contributed by atoms with E-state index in [0.717, 1.165) is 20.6 Å². The molecule has 37 heavy (non-hydrogen) atoms. The number of aryl methyl sites for hydroxylation is 2. The molecule has 0 spiro atoms. The van der Waals surface area contributed by atoms with Gasteiger partial charge in [0.2, 0.25) is 11.8 Å². The van der Waals surface area contributed by atoms with Crippen molar-refractivity contribution >= 4 is 50.9 Å². The largest absolute Gasteiger partial charge is 0.352 e. The summed E-state index contributed by atoms with van der Waals surface area (Å²) in [6.45, 7) is 8.55. The topological polar surface area (TPSA) is 90.0 Å². The van der Waals surface area contributed by atoms with Crippen LogP contribution in [0.1, 0.15) is 43.9 Å². The summed E-state index contributed by atoms with van der Waals surface area (Å²) in [5.41, 5.74) is 2.51. The van der Waals surface area contributed by atoms with E-state index in [1.807, 2.05) is 26.8 Å². The second-order valence-corrected chi connectivity index (χ2v) is 12.2. The lowest BCUT2D eigenvalue weighted by molar-refractivity contribution is -0.139. The highest BCUT2D eigenvalue weighted by Crippen LogP contribution is 2.27. The van der Waals surface area contributed by atoms with Crippen molar-refractivity contribution in [1.82, 2.24) is 14.5 Å². The van der Waals surface area contributed by atoms with Crippen molar-refractivity contribution in [3.63, 3.8) is 0 Å². The molecule has 0 unspecified atom stereocenters. The Hall–Kier alpha value is -2.33. The molecule has 0 radical (unpaired) electrons. The number of carbonyl (C=O) groups is 2. The van der Waals surface area contributed by atoms with Crippen molar-refractivity contribution in [2.45, 2.75) is 59.7 Å². The lowest BCUT2D eigenvalue weighted by atomic mass is 10.1. The SMILES string of the molecule is CC[C@H](C)NC(=O)[C@@H](C)N(Cc1ccc(Cl)cc1Cl)C(=O)CN(c1cc(C)ccc1C)S(=O)(=O)N(C)C. The zero-order chi connectivity index (χ0) is 28.1. The van der Waals surface area contributed by atoms with Crippen molar-refractivity contribution in [3.8, 4) is 0 Å². The first kappa shape index (κ1) is 30.9. The fraction of sp³-hybridized carbons (Fsp3) is 0.462. The van der Waals surface area contributed by atoms with Gasteiger partial charge in [-0.25, -0.2) is 4.31 Å². The van der Waals surface area contributed by atoms with E-state index in [2.05, 4.69) is 5.32 Å². The lowest BCUT2D eigenvalue weighted by Gasteiger charge is -2.34. The Kier molecular flexibility index (Phi) is 10.8. The van der Waals surface area contributed by atoms with Crippen molar-refractivity contribution in [2.24, 2.45) is 0 Å². The average Bonchev–Trinajstić information content (AvgIpc) is 2.82. The number of nitrogens with one attached hydrogen (secondary N) is 1. The van der Waals surface area contributed by atoms with Crippen LogP contribution in [-0.2, 0) is 26.3 Å². The highest BCUT2D eigenvalue weighted by atomic mass is 35.5. The molecule has 0 aliphatic heterocycles. The van der Waals surface area contributed by atoms with Crippen molar-refractivity contribution in [2.75, 3.05) is 24.9 Å². The van der Waals surface area contributed by atoms with Gasteiger partial charge in [-0.1, -0.05) is 48.3 Å². The van der Waals surface area contributed by atoms with Crippen LogP contribution in [-0.4, -0.2) is 62.2 Å². The Balaban J connectivity index is 2.54. The minimum Gasteiger partial charge on any atom is -0.352 e. The highest BCUT2D eigenvalue weighted by molar-refractivity contribution is 7.90. The summed E-state index contributed by atoms with van der Waals surface area (Å²) in [6, 6.07) is 9.31. The Labute approximate surface area is 230 Å². The second kappa shape index (κ2) is 13.0. The second-order valence-electron chi connectivity index (χ2n) is 9.34. The Morgan fingerprint density at radius 2 is 1.68 bits per heavy atom. The number of amides is 2. The quantitative estimate of drug-likeness (QED) is 0.429. The first-order valence-electron chi connectivity index (χ1n) is 12.0. The van der Waals surface area contributed by atoms with Crippen LogP contribution in [0.4, 0.5) is 5.69 Å². The van der Waals surface area contributed by atoms with Gasteiger partial charge in [0.15, 0.2) is 0 Å². The van der Waals surface area contributed by atoms with E-state index >= 15 is 0 Å². The number of halogens is 2. The maximum Gasteiger partial charge on any atom is 0.304 e. The van der Waals surface area contributed by atoms with Gasteiger partial charge in [0.05, 0.1) is 5.69 Å². The van der Waals surface area contributed by atoms with Crippen LogP contribution in [0.3, 0.4) is 0 Å². The summed E-state index contributed by atoms with van der Waals surface area (Å²) in [5.74, 6) is -0.898. The molecule has 204 valence electrons. The van der Waals surface area contributed by atoms with Crippen molar-refractivity contribution < 1.29 is 18.0 Å². The molecule has 2 aromatic carbocycles. The summed E-state index contributed by atoms with van der Waals surface area (Å²) >= 11 is 12.4. The number of rotatable bonds is 11. The molecule has 2 aromatic rings. The van der Waals surface area contributed by atoms with E-state index in [9.17, 15) is 18.0 Å². The van der Waals surface area contributed by atoms with Crippen molar-refractivity contribution in [3.05, 3.63) is 63.1 Å². The minimum absolute atomic E-state index is 0.00736. The van der Waals surface area contributed by atoms with Gasteiger partial charge in [-0.15, -0.1) is 0 Å². The summed E-state index contributed by atoms with van der Waals surface area (Å²) in [6.07, 6.45) is 0.719. The van der Waals surface area contributed by atoms with Gasteiger partial charge in [-0.3, -0.25) is 9.59 Å². The van der Waals surface area contributed by atoms with E-state index in [4.69, 9.17) is 23.2 Å². The zero-order valence-electron chi connectivity index (χ0n) is 22.4. The first-order valence-corrected chi connectivity index (χ1v) is 14.2. The molecule has 0 saturated carbocycles. The molecule has 0 fully saturated rings. The Morgan fingerprint density at radius 3 is 2.24 bits per heavy atom. The van der Waals surface area contributed by atoms with Crippen LogP contribution < -0.4 is 9.62 Å². The molecule has 2 atom stereocenters. The number of nitrogens with zero attached hydrogens (tertiary/aromatic N) is 3. The van der Waals surface area contributed by atoms with Crippen LogP contribution in [0.2, 0.25) is 10.0 Å². The van der Waals surface area contributed by atoms with E-state index in [0.29, 0.717) is 26.9 Å². The van der Waals surface area contributed by atoms with Crippen LogP contribution in [0.5, 0.6) is 0 Å². The van der Waals surface area contributed by atoms with E-state index < -0.39 is 28.7 Å². The van der Waals surface area contributed by atoms with Gasteiger partial charge in [0, 0.05) is 36.7 Å². The van der Waals surface area contributed by atoms with Gasteiger partial charge in [-0.05, 0) is 69.0 Å². The molecule has 0 saturated heterocycles. The molecule has 0 heterocycles. The fourth-order valence-corrected chi connectivity index (χ4v) is 5.15. The fourth-order valence-electron chi connectivity index (χ4n) is 3.57. The summed E-state index contributed by atoms with van der Waals surface area (Å²) in [5, 5.41) is 3.67. The highest BCUT2D eigenvalue weighted by Gasteiger charge is 2.33. The number of hydrogen-bond acceptors (Lipinski definition) is 4. The van der Waals surface area contributed by atoms with Crippen molar-refractivity contribution in [1.29, 1.82) is 0 Å². The third-order valence-corrected chi connectivity index (χ3v) is 8.57. The first-order chi connectivity index (χ1) is 17.2. The number of carbonyl (C=O) groups excluding carboxylic acids is 2. The Morgan fingerprint density at radius 1 is 1.03 bits per heavy atom. The van der Waals surface area contributed by atoms with Crippen LogP contribution in [0.15, 0.2) is 36.4 Å². The molecule has 0 aromatic heterocycles. The predicted octanol–water partition coefficient (Wildman–Crippen LogP) is 4.56. The maximum atomic E-state index is 13.8. The van der Waals surface area contributed by atoms with Gasteiger partial charge in [0.25, 0.3) is 0 Å². The molecule has 1 N–H and O–H groups in total. The summed E-state index contributed by atoms with van der Waals surface area (Å²) in [4.78, 5) is 28.2. The Bertz CT molecular complexity index is 1240. The molecule has 0 aliphatic rings. The molecular formula is C26H36Cl2N4O4S. The third-order valence-electron chi connectivity index (χ3n) is 6.18. The van der Waals surface area contributed by atoms with Gasteiger partial charge in [0.1, 0.15) is 12.6 Å². The summed E-state index contributed by atoms with van der Waals surface area (Å²) < 4.78 is 28.8. The molecule has 2 rings (SSSR count). The van der Waals surface area contributed by atoms with Gasteiger partial charge in [-0.2, -0.15) is 12.7 Å². The number of anilines is 1. The zero-order valence-corrected chi connectivity index (χ0v) is 24.7. The predicted molar refractivity (Wildman–Crippen MR) is 150 cm³/mol.